The van der Waals surface area contributed by atoms with E-state index in [0.717, 1.165) is 11.4 Å². The zero-order valence-corrected chi connectivity index (χ0v) is 12.9. The van der Waals surface area contributed by atoms with Gasteiger partial charge in [-0.3, -0.25) is 4.98 Å². The molecule has 5 nitrogen and oxygen atoms in total. The molecule has 0 spiro atoms. The first kappa shape index (κ1) is 16.4. The van der Waals surface area contributed by atoms with Crippen LogP contribution in [0.25, 0.3) is 0 Å². The first-order valence-electron chi connectivity index (χ1n) is 6.90. The van der Waals surface area contributed by atoms with Crippen molar-refractivity contribution < 1.29 is 14.3 Å². The Hall–Kier alpha value is -1.62. The summed E-state index contributed by atoms with van der Waals surface area (Å²) in [5.41, 5.74) is 1.72. The standard InChI is InChI=1S/C15H24N2O3/c1-10(2)16-8-13-14(7-6-12(5)17-13)19-9-15(18)20-11(3)4/h6-7,10-11,16H,8-9H2,1-5H3. The van der Waals surface area contributed by atoms with Crippen LogP contribution < -0.4 is 10.1 Å². The van der Waals surface area contributed by atoms with Crippen molar-refractivity contribution in [1.82, 2.24) is 10.3 Å². The van der Waals surface area contributed by atoms with Crippen LogP contribution in [0, 0.1) is 6.92 Å². The van der Waals surface area contributed by atoms with E-state index in [0.29, 0.717) is 18.3 Å². The van der Waals surface area contributed by atoms with Gasteiger partial charge in [0.25, 0.3) is 0 Å². The van der Waals surface area contributed by atoms with Gasteiger partial charge in [0.05, 0.1) is 11.8 Å². The Kier molecular flexibility index (Phi) is 6.45. The largest absolute Gasteiger partial charge is 0.480 e. The lowest BCUT2D eigenvalue weighted by Gasteiger charge is -2.14. The molecule has 0 aromatic carbocycles. The fraction of sp³-hybridized carbons (Fsp3) is 0.600. The van der Waals surface area contributed by atoms with Gasteiger partial charge in [0, 0.05) is 18.3 Å². The van der Waals surface area contributed by atoms with Crippen LogP contribution in [-0.2, 0) is 16.1 Å². The maximum atomic E-state index is 11.5. The molecule has 0 unspecified atom stereocenters. The van der Waals surface area contributed by atoms with Gasteiger partial charge in [-0.1, -0.05) is 13.8 Å². The van der Waals surface area contributed by atoms with Crippen molar-refractivity contribution in [1.29, 1.82) is 0 Å². The smallest absolute Gasteiger partial charge is 0.344 e. The molecule has 0 aliphatic rings. The normalized spacial score (nSPS) is 10.9. The average molecular weight is 280 g/mol. The molecule has 0 aliphatic carbocycles. The molecule has 0 saturated carbocycles. The second-order valence-corrected chi connectivity index (χ2v) is 5.26. The predicted octanol–water partition coefficient (Wildman–Crippen LogP) is 2.22. The van der Waals surface area contributed by atoms with E-state index in [1.165, 1.54) is 0 Å². The van der Waals surface area contributed by atoms with E-state index in [2.05, 4.69) is 24.1 Å². The monoisotopic (exact) mass is 280 g/mol. The number of ether oxygens (including phenoxy) is 2. The van der Waals surface area contributed by atoms with E-state index >= 15 is 0 Å². The second kappa shape index (κ2) is 7.85. The van der Waals surface area contributed by atoms with E-state index in [4.69, 9.17) is 9.47 Å². The Morgan fingerprint density at radius 2 is 2.00 bits per heavy atom. The fourth-order valence-electron chi connectivity index (χ4n) is 1.59. The molecular weight excluding hydrogens is 256 g/mol. The van der Waals surface area contributed by atoms with Crippen LogP contribution in [0.3, 0.4) is 0 Å². The van der Waals surface area contributed by atoms with Crippen molar-refractivity contribution in [2.45, 2.75) is 53.3 Å². The molecule has 20 heavy (non-hydrogen) atoms. The van der Waals surface area contributed by atoms with Gasteiger partial charge in [0.2, 0.25) is 0 Å². The van der Waals surface area contributed by atoms with Crippen molar-refractivity contribution in [3.63, 3.8) is 0 Å². The number of aromatic nitrogens is 1. The highest BCUT2D eigenvalue weighted by Gasteiger charge is 2.11. The van der Waals surface area contributed by atoms with Crippen LogP contribution in [0.5, 0.6) is 5.75 Å². The highest BCUT2D eigenvalue weighted by molar-refractivity contribution is 5.71. The molecule has 112 valence electrons. The first-order chi connectivity index (χ1) is 9.38. The Morgan fingerprint density at radius 1 is 1.30 bits per heavy atom. The van der Waals surface area contributed by atoms with Gasteiger partial charge in [-0.05, 0) is 32.9 Å². The van der Waals surface area contributed by atoms with E-state index in [1.54, 1.807) is 0 Å². The van der Waals surface area contributed by atoms with Crippen molar-refractivity contribution >= 4 is 5.97 Å². The maximum Gasteiger partial charge on any atom is 0.344 e. The van der Waals surface area contributed by atoms with Crippen LogP contribution in [0.1, 0.15) is 39.1 Å². The molecule has 0 atom stereocenters. The number of carbonyl (C=O) groups excluding carboxylic acids is 1. The zero-order valence-electron chi connectivity index (χ0n) is 12.9. The molecule has 1 aromatic rings. The number of nitrogens with one attached hydrogen (secondary N) is 1. The predicted molar refractivity (Wildman–Crippen MR) is 77.7 cm³/mol. The number of hydrogen-bond donors (Lipinski definition) is 1. The summed E-state index contributed by atoms with van der Waals surface area (Å²) in [6.07, 6.45) is -0.135. The van der Waals surface area contributed by atoms with E-state index < -0.39 is 0 Å². The Labute approximate surface area is 120 Å². The molecule has 1 N–H and O–H groups in total. The lowest BCUT2D eigenvalue weighted by atomic mass is 10.2. The SMILES string of the molecule is Cc1ccc(OCC(=O)OC(C)C)c(CNC(C)C)n1. The molecule has 1 heterocycles. The van der Waals surface area contributed by atoms with Crippen molar-refractivity contribution in [3.8, 4) is 5.75 Å². The Balaban J connectivity index is 2.66. The molecule has 0 saturated heterocycles. The lowest BCUT2D eigenvalue weighted by molar-refractivity contribution is -0.149. The number of aryl methyl sites for hydroxylation is 1. The van der Waals surface area contributed by atoms with Gasteiger partial charge in [0.1, 0.15) is 5.75 Å². The molecule has 1 rings (SSSR count). The minimum Gasteiger partial charge on any atom is -0.480 e. The van der Waals surface area contributed by atoms with Crippen LogP contribution in [-0.4, -0.2) is 29.7 Å². The van der Waals surface area contributed by atoms with Crippen LogP contribution in [0.4, 0.5) is 0 Å². The van der Waals surface area contributed by atoms with Gasteiger partial charge < -0.3 is 14.8 Å². The summed E-state index contributed by atoms with van der Waals surface area (Å²) in [4.78, 5) is 15.9. The summed E-state index contributed by atoms with van der Waals surface area (Å²) in [5.74, 6) is 0.243. The summed E-state index contributed by atoms with van der Waals surface area (Å²) in [6.45, 7) is 10.2. The molecule has 1 aromatic heterocycles. The number of pyridine rings is 1. The summed E-state index contributed by atoms with van der Waals surface area (Å²) in [7, 11) is 0. The average Bonchev–Trinajstić information content (AvgIpc) is 2.34. The minimum atomic E-state index is -0.372. The fourth-order valence-corrected chi connectivity index (χ4v) is 1.59. The number of esters is 1. The topological polar surface area (TPSA) is 60.5 Å². The zero-order chi connectivity index (χ0) is 15.1. The second-order valence-electron chi connectivity index (χ2n) is 5.26. The van der Waals surface area contributed by atoms with Crippen LogP contribution >= 0.6 is 0 Å². The minimum absolute atomic E-state index is 0.0996. The van der Waals surface area contributed by atoms with Crippen molar-refractivity contribution in [2.75, 3.05) is 6.61 Å². The number of hydrogen-bond acceptors (Lipinski definition) is 5. The number of carbonyl (C=O) groups is 1. The maximum absolute atomic E-state index is 11.5. The van der Waals surface area contributed by atoms with E-state index in [9.17, 15) is 4.79 Å². The third kappa shape index (κ3) is 6.02. The van der Waals surface area contributed by atoms with Crippen LogP contribution in [0.2, 0.25) is 0 Å². The molecule has 0 bridgehead atoms. The quantitative estimate of drug-likeness (QED) is 0.776. The molecule has 0 amide bonds. The van der Waals surface area contributed by atoms with E-state index in [-0.39, 0.29) is 18.7 Å². The number of rotatable bonds is 7. The summed E-state index contributed by atoms with van der Waals surface area (Å²) >= 11 is 0. The molecule has 5 heteroatoms. The summed E-state index contributed by atoms with van der Waals surface area (Å²) in [5, 5.41) is 3.29. The third-order valence-corrected chi connectivity index (χ3v) is 2.46. The molecular formula is C15H24N2O3. The first-order valence-corrected chi connectivity index (χ1v) is 6.90. The number of nitrogens with zero attached hydrogens (tertiary/aromatic N) is 1. The van der Waals surface area contributed by atoms with Crippen molar-refractivity contribution in [2.24, 2.45) is 0 Å². The molecule has 0 fully saturated rings. The van der Waals surface area contributed by atoms with Gasteiger partial charge in [-0.15, -0.1) is 0 Å². The highest BCUT2D eigenvalue weighted by atomic mass is 16.6. The van der Waals surface area contributed by atoms with Gasteiger partial charge >= 0.3 is 5.97 Å². The Bertz CT molecular complexity index is 445. The van der Waals surface area contributed by atoms with Crippen molar-refractivity contribution in [3.05, 3.63) is 23.5 Å². The highest BCUT2D eigenvalue weighted by Crippen LogP contribution is 2.17. The lowest BCUT2D eigenvalue weighted by Crippen LogP contribution is -2.24. The van der Waals surface area contributed by atoms with E-state index in [1.807, 2.05) is 32.9 Å². The molecule has 0 aliphatic heterocycles. The third-order valence-electron chi connectivity index (χ3n) is 2.46. The summed E-state index contributed by atoms with van der Waals surface area (Å²) in [6, 6.07) is 4.06. The Morgan fingerprint density at radius 3 is 2.60 bits per heavy atom. The van der Waals surface area contributed by atoms with Crippen LogP contribution in [0.15, 0.2) is 12.1 Å². The van der Waals surface area contributed by atoms with Gasteiger partial charge in [-0.25, -0.2) is 4.79 Å². The van der Waals surface area contributed by atoms with Gasteiger partial charge in [-0.2, -0.15) is 0 Å². The summed E-state index contributed by atoms with van der Waals surface area (Å²) < 4.78 is 10.5. The molecule has 0 radical (unpaired) electrons. The van der Waals surface area contributed by atoms with Gasteiger partial charge in [0.15, 0.2) is 6.61 Å².